The van der Waals surface area contributed by atoms with E-state index in [-0.39, 0.29) is 23.3 Å². The Balaban J connectivity index is 1.49. The highest BCUT2D eigenvalue weighted by molar-refractivity contribution is 6.28. The lowest BCUT2D eigenvalue weighted by atomic mass is 10.2. The number of hydrogen-bond acceptors (Lipinski definition) is 7. The third-order valence-electron chi connectivity index (χ3n) is 4.35. The molecule has 0 radical (unpaired) electrons. The number of nitrogens with zero attached hydrogens (tertiary/aromatic N) is 5. The van der Waals surface area contributed by atoms with Gasteiger partial charge in [-0.2, -0.15) is 0 Å². The summed E-state index contributed by atoms with van der Waals surface area (Å²) in [6, 6.07) is 8.97. The molecule has 0 aliphatic heterocycles. The number of ether oxygens (including phenoxy) is 1. The number of rotatable bonds is 5. The standard InChI is InChI=1S/C18H16ClN5O3/c1-10(25)24(2)15-9-16(15)26-17-8-14(23-27-17)12-5-3-4-11(21-12)13-6-7-20-18(19)22-13/h3-8,15-16H,9H2,1-2H3. The summed E-state index contributed by atoms with van der Waals surface area (Å²) in [5, 5.41) is 4.18. The van der Waals surface area contributed by atoms with Gasteiger partial charge >= 0.3 is 5.95 Å². The molecule has 4 rings (SSSR count). The lowest BCUT2D eigenvalue weighted by Crippen LogP contribution is -2.29. The van der Waals surface area contributed by atoms with Crippen LogP contribution in [-0.4, -0.2) is 50.1 Å². The van der Waals surface area contributed by atoms with Crippen molar-refractivity contribution in [2.24, 2.45) is 0 Å². The Morgan fingerprint density at radius 2 is 1.96 bits per heavy atom. The molecule has 1 aliphatic carbocycles. The fraction of sp³-hybridized carbons (Fsp3) is 0.278. The highest BCUT2D eigenvalue weighted by atomic mass is 35.5. The molecule has 0 N–H and O–H groups in total. The average Bonchev–Trinajstić information content (AvgIpc) is 3.26. The second-order valence-electron chi connectivity index (χ2n) is 6.24. The minimum Gasteiger partial charge on any atom is -0.458 e. The fourth-order valence-electron chi connectivity index (χ4n) is 2.71. The van der Waals surface area contributed by atoms with Gasteiger partial charge in [-0.25, -0.2) is 15.0 Å². The fourth-order valence-corrected chi connectivity index (χ4v) is 2.86. The maximum atomic E-state index is 11.4. The summed E-state index contributed by atoms with van der Waals surface area (Å²) in [7, 11) is 1.76. The predicted octanol–water partition coefficient (Wildman–Crippen LogP) is 2.85. The van der Waals surface area contributed by atoms with E-state index in [0.29, 0.717) is 28.7 Å². The van der Waals surface area contributed by atoms with Gasteiger partial charge in [0.25, 0.3) is 0 Å². The molecule has 3 aromatic rings. The number of carbonyl (C=O) groups excluding carboxylic acids is 1. The SMILES string of the molecule is CC(=O)N(C)C1CC1Oc1cc(-c2cccc(-c3ccnc(Cl)n3)n2)no1. The maximum Gasteiger partial charge on any atom is 0.312 e. The van der Waals surface area contributed by atoms with Crippen molar-refractivity contribution in [3.63, 3.8) is 0 Å². The normalized spacial score (nSPS) is 18.2. The van der Waals surface area contributed by atoms with E-state index < -0.39 is 0 Å². The number of hydrogen-bond donors (Lipinski definition) is 0. The first-order valence-electron chi connectivity index (χ1n) is 8.34. The average molecular weight is 386 g/mol. The molecule has 27 heavy (non-hydrogen) atoms. The molecule has 0 bridgehead atoms. The van der Waals surface area contributed by atoms with Crippen LogP contribution in [0.5, 0.6) is 5.95 Å². The Morgan fingerprint density at radius 1 is 1.22 bits per heavy atom. The maximum absolute atomic E-state index is 11.4. The highest BCUT2D eigenvalue weighted by Crippen LogP contribution is 2.33. The summed E-state index contributed by atoms with van der Waals surface area (Å²) in [6.07, 6.45) is 2.27. The van der Waals surface area contributed by atoms with Crippen LogP contribution in [-0.2, 0) is 4.79 Å². The predicted molar refractivity (Wildman–Crippen MR) is 97.0 cm³/mol. The molecule has 1 fully saturated rings. The summed E-state index contributed by atoms with van der Waals surface area (Å²) in [5.74, 6) is 0.307. The lowest BCUT2D eigenvalue weighted by Gasteiger charge is -2.13. The van der Waals surface area contributed by atoms with Gasteiger partial charge in [0.1, 0.15) is 11.8 Å². The molecule has 0 spiro atoms. The monoisotopic (exact) mass is 385 g/mol. The van der Waals surface area contributed by atoms with Gasteiger partial charge in [0, 0.05) is 26.6 Å². The summed E-state index contributed by atoms with van der Waals surface area (Å²) in [6.45, 7) is 1.53. The summed E-state index contributed by atoms with van der Waals surface area (Å²) in [4.78, 5) is 25.6. The van der Waals surface area contributed by atoms with Gasteiger partial charge in [-0.05, 0) is 29.8 Å². The number of pyridine rings is 1. The van der Waals surface area contributed by atoms with Crippen molar-refractivity contribution in [3.05, 3.63) is 41.8 Å². The molecule has 0 aromatic carbocycles. The van der Waals surface area contributed by atoms with Gasteiger partial charge in [-0.1, -0.05) is 11.2 Å². The van der Waals surface area contributed by atoms with Crippen LogP contribution in [0.3, 0.4) is 0 Å². The molecule has 1 saturated carbocycles. The van der Waals surface area contributed by atoms with Gasteiger partial charge in [0.05, 0.1) is 29.2 Å². The molecule has 2 atom stereocenters. The zero-order chi connectivity index (χ0) is 19.0. The Morgan fingerprint density at radius 3 is 2.70 bits per heavy atom. The van der Waals surface area contributed by atoms with Crippen LogP contribution in [0.1, 0.15) is 13.3 Å². The number of aromatic nitrogens is 4. The Labute approximate surface area is 160 Å². The summed E-state index contributed by atoms with van der Waals surface area (Å²) in [5.41, 5.74) is 2.43. The van der Waals surface area contributed by atoms with Crippen LogP contribution in [0.4, 0.5) is 0 Å². The van der Waals surface area contributed by atoms with E-state index >= 15 is 0 Å². The van der Waals surface area contributed by atoms with Gasteiger partial charge in [-0.15, -0.1) is 0 Å². The zero-order valence-electron chi connectivity index (χ0n) is 14.7. The molecule has 1 amide bonds. The van der Waals surface area contributed by atoms with E-state index in [1.54, 1.807) is 30.3 Å². The van der Waals surface area contributed by atoms with Crippen molar-refractivity contribution in [3.8, 4) is 28.7 Å². The van der Waals surface area contributed by atoms with E-state index in [1.165, 1.54) is 6.92 Å². The topological polar surface area (TPSA) is 94.2 Å². The molecule has 0 saturated heterocycles. The van der Waals surface area contributed by atoms with Crippen molar-refractivity contribution in [1.29, 1.82) is 0 Å². The van der Waals surface area contributed by atoms with E-state index in [0.717, 1.165) is 6.42 Å². The van der Waals surface area contributed by atoms with Crippen molar-refractivity contribution in [1.82, 2.24) is 25.0 Å². The van der Waals surface area contributed by atoms with Crippen LogP contribution < -0.4 is 4.74 Å². The molecular formula is C18H16ClN5O3. The van der Waals surface area contributed by atoms with Crippen molar-refractivity contribution < 1.29 is 14.1 Å². The van der Waals surface area contributed by atoms with E-state index in [2.05, 4.69) is 20.1 Å². The van der Waals surface area contributed by atoms with Crippen molar-refractivity contribution in [2.45, 2.75) is 25.5 Å². The van der Waals surface area contributed by atoms with E-state index in [9.17, 15) is 4.79 Å². The lowest BCUT2D eigenvalue weighted by molar-refractivity contribution is -0.128. The minimum absolute atomic E-state index is 0.00944. The van der Waals surface area contributed by atoms with Crippen LogP contribution in [0.25, 0.3) is 22.8 Å². The molecule has 3 heterocycles. The zero-order valence-corrected chi connectivity index (χ0v) is 15.4. The van der Waals surface area contributed by atoms with Crippen molar-refractivity contribution in [2.75, 3.05) is 7.05 Å². The summed E-state index contributed by atoms with van der Waals surface area (Å²) < 4.78 is 11.0. The largest absolute Gasteiger partial charge is 0.458 e. The first-order valence-corrected chi connectivity index (χ1v) is 8.72. The Kier molecular flexibility index (Phi) is 4.49. The molecule has 138 valence electrons. The number of halogens is 1. The number of carbonyl (C=O) groups is 1. The molecule has 2 unspecified atom stereocenters. The third-order valence-corrected chi connectivity index (χ3v) is 4.53. The molecule has 3 aromatic heterocycles. The molecule has 8 nitrogen and oxygen atoms in total. The molecule has 9 heteroatoms. The Hall–Kier alpha value is -3.00. The van der Waals surface area contributed by atoms with Gasteiger partial charge < -0.3 is 14.2 Å². The quantitative estimate of drug-likeness (QED) is 0.623. The first-order chi connectivity index (χ1) is 13.0. The van der Waals surface area contributed by atoms with Crippen LogP contribution in [0.15, 0.2) is 41.1 Å². The second kappa shape index (κ2) is 6.96. The third kappa shape index (κ3) is 3.75. The highest BCUT2D eigenvalue weighted by Gasteiger charge is 2.44. The smallest absolute Gasteiger partial charge is 0.312 e. The van der Waals surface area contributed by atoms with Crippen LogP contribution in [0.2, 0.25) is 5.28 Å². The number of amides is 1. The molecular weight excluding hydrogens is 370 g/mol. The second-order valence-corrected chi connectivity index (χ2v) is 6.58. The van der Waals surface area contributed by atoms with Gasteiger partial charge in [0.15, 0.2) is 0 Å². The van der Waals surface area contributed by atoms with Gasteiger partial charge in [0.2, 0.25) is 11.2 Å². The number of likely N-dealkylation sites (N-methyl/N-ethyl adjacent to an activating group) is 1. The first kappa shape index (κ1) is 17.4. The van der Waals surface area contributed by atoms with Crippen molar-refractivity contribution >= 4 is 17.5 Å². The van der Waals surface area contributed by atoms with Crippen LogP contribution >= 0.6 is 11.6 Å². The van der Waals surface area contributed by atoms with E-state index in [1.807, 2.05) is 18.2 Å². The van der Waals surface area contributed by atoms with E-state index in [4.69, 9.17) is 20.9 Å². The summed E-state index contributed by atoms with van der Waals surface area (Å²) >= 11 is 5.84. The Bertz CT molecular complexity index is 992. The van der Waals surface area contributed by atoms with Gasteiger partial charge in [-0.3, -0.25) is 4.79 Å². The van der Waals surface area contributed by atoms with Crippen LogP contribution in [0, 0.1) is 0 Å². The minimum atomic E-state index is -0.0813. The molecule has 1 aliphatic rings.